The minimum atomic E-state index is 0. The Morgan fingerprint density at radius 1 is 2.00 bits per heavy atom. The summed E-state index contributed by atoms with van der Waals surface area (Å²) >= 11 is 2.24. The van der Waals surface area contributed by atoms with E-state index in [0.29, 0.717) is 6.10 Å². The normalized spacial score (nSPS) is 14.3. The molecule has 0 heterocycles. The Kier molecular flexibility index (Phi) is 3.98. The zero-order valence-electron chi connectivity index (χ0n) is 4.27. The molecule has 1 unspecified atom stereocenters. The Morgan fingerprint density at radius 3 is 2.50 bits per heavy atom. The van der Waals surface area contributed by atoms with Gasteiger partial charge in [-0.1, -0.05) is 6.92 Å². The Bertz CT molecular complexity index is 30.9. The summed E-state index contributed by atoms with van der Waals surface area (Å²) in [5, 5.41) is 0. The maximum atomic E-state index is 4.82. The molecule has 0 fully saturated rings. The molecule has 0 rings (SSSR count). The van der Waals surface area contributed by atoms with Crippen LogP contribution in [0, 0.1) is 0 Å². The van der Waals surface area contributed by atoms with Gasteiger partial charge in [-0.15, -0.1) is 0 Å². The van der Waals surface area contributed by atoms with Crippen LogP contribution in [0.15, 0.2) is 0 Å². The van der Waals surface area contributed by atoms with Crippen LogP contribution in [0.4, 0.5) is 0 Å². The molecule has 2 heteroatoms. The smallest absolute Gasteiger partial charge is 0.369 e. The van der Waals surface area contributed by atoms with E-state index in [-0.39, 0.29) is 1.43 Å². The van der Waals surface area contributed by atoms with Gasteiger partial charge < -0.3 is 3.79 Å². The van der Waals surface area contributed by atoms with Crippen molar-refractivity contribution in [3.63, 3.8) is 0 Å². The lowest BCUT2D eigenvalue weighted by molar-refractivity contribution is 0.239. The maximum Gasteiger partial charge on any atom is 0.369 e. The summed E-state index contributed by atoms with van der Waals surface area (Å²) in [6.07, 6.45) is 1.48. The zero-order chi connectivity index (χ0) is 4.99. The monoisotopic (exact) mass is 102 g/mol. The van der Waals surface area contributed by atoms with Gasteiger partial charge in [0.1, 0.15) is 0 Å². The summed E-state index contributed by atoms with van der Waals surface area (Å²) in [6, 6.07) is 0. The van der Waals surface area contributed by atoms with E-state index in [9.17, 15) is 0 Å². The largest absolute Gasteiger partial charge is 0.514 e. The molecule has 0 N–H and O–H groups in total. The number of hydrogen-bond donors (Lipinski definition) is 0. The summed E-state index contributed by atoms with van der Waals surface area (Å²) < 4.78 is 4.82. The van der Waals surface area contributed by atoms with Crippen LogP contribution in [0.3, 0.4) is 0 Å². The molecule has 0 aliphatic heterocycles. The molecule has 2 radical (unpaired) electrons. The summed E-state index contributed by atoms with van der Waals surface area (Å²) in [7, 11) is 0. The Hall–Kier alpha value is 0.492. The van der Waals surface area contributed by atoms with Gasteiger partial charge in [-0.25, -0.2) is 0 Å². The van der Waals surface area contributed by atoms with Gasteiger partial charge in [-0.2, -0.15) is 0 Å². The van der Waals surface area contributed by atoms with Crippen molar-refractivity contribution in [1.82, 2.24) is 0 Å². The molecule has 1 nitrogen and oxygen atoms in total. The lowest BCUT2D eigenvalue weighted by Crippen LogP contribution is -2.01. The van der Waals surface area contributed by atoms with Gasteiger partial charge in [0.25, 0.3) is 0 Å². The molecule has 0 spiro atoms. The highest BCUT2D eigenvalue weighted by atomic mass is 27.1. The molecule has 0 aromatic heterocycles. The SMILES string of the molecule is CCC(C)[O][Al].[HH]. The Balaban J connectivity index is 0. The minimum Gasteiger partial charge on any atom is -0.514 e. The first kappa shape index (κ1) is 6.49. The van der Waals surface area contributed by atoms with Crippen molar-refractivity contribution in [3.05, 3.63) is 0 Å². The second kappa shape index (κ2) is 3.67. The van der Waals surface area contributed by atoms with E-state index >= 15 is 0 Å². The van der Waals surface area contributed by atoms with Crippen LogP contribution in [-0.2, 0) is 3.79 Å². The van der Waals surface area contributed by atoms with Crippen molar-refractivity contribution in [2.75, 3.05) is 0 Å². The molecule has 0 aliphatic carbocycles. The average Bonchev–Trinajstić information content (AvgIpc) is 1.65. The van der Waals surface area contributed by atoms with E-state index in [1.807, 2.05) is 6.92 Å². The third kappa shape index (κ3) is 2.72. The van der Waals surface area contributed by atoms with E-state index in [0.717, 1.165) is 6.42 Å². The van der Waals surface area contributed by atoms with Crippen LogP contribution in [0.25, 0.3) is 0 Å². The van der Waals surface area contributed by atoms with Crippen molar-refractivity contribution in [1.29, 1.82) is 0 Å². The van der Waals surface area contributed by atoms with E-state index in [4.69, 9.17) is 3.79 Å². The van der Waals surface area contributed by atoms with Crippen molar-refractivity contribution >= 4 is 16.6 Å². The highest BCUT2D eigenvalue weighted by molar-refractivity contribution is 5.98. The fraction of sp³-hybridized carbons (Fsp3) is 1.00. The highest BCUT2D eigenvalue weighted by Crippen LogP contribution is 1.89. The third-order valence-corrected chi connectivity index (χ3v) is 1.27. The summed E-state index contributed by atoms with van der Waals surface area (Å²) in [5.74, 6) is 0. The predicted octanol–water partition coefficient (Wildman–Crippen LogP) is 1.13. The average molecular weight is 102 g/mol. The quantitative estimate of drug-likeness (QED) is 0.475. The van der Waals surface area contributed by atoms with Crippen LogP contribution in [0.1, 0.15) is 21.7 Å². The standard InChI is InChI=1S/C4H9O.Al.H2/c1-3-4(2)5;;/h4H,3H2,1-2H3;;1H/q-1;+1;. The molecule has 0 bridgehead atoms. The predicted molar refractivity (Wildman–Crippen MR) is 28.7 cm³/mol. The summed E-state index contributed by atoms with van der Waals surface area (Å²) in [5.41, 5.74) is 0. The molecule has 0 aliphatic rings. The molecule has 0 aromatic carbocycles. The topological polar surface area (TPSA) is 9.23 Å². The molecule has 0 saturated heterocycles. The number of rotatable bonds is 2. The second-order valence-corrected chi connectivity index (χ2v) is 1.63. The fourth-order valence-electron chi connectivity index (χ4n) is 0.0962. The van der Waals surface area contributed by atoms with Crippen LogP contribution in [0.5, 0.6) is 0 Å². The summed E-state index contributed by atoms with van der Waals surface area (Å²) in [4.78, 5) is 0. The fourth-order valence-corrected chi connectivity index (χ4v) is 0.289. The molecule has 0 amide bonds. The molecule has 0 aromatic rings. The number of hydrogen-bond acceptors (Lipinski definition) is 1. The van der Waals surface area contributed by atoms with Crippen LogP contribution >= 0.6 is 0 Å². The zero-order valence-corrected chi connectivity index (χ0v) is 5.42. The molecule has 1 atom stereocenters. The Labute approximate surface area is 48.9 Å². The lowest BCUT2D eigenvalue weighted by atomic mass is 10.3. The van der Waals surface area contributed by atoms with E-state index in [2.05, 4.69) is 23.5 Å². The van der Waals surface area contributed by atoms with Gasteiger partial charge in [-0.3, -0.25) is 0 Å². The first-order valence-corrected chi connectivity index (χ1v) is 2.64. The van der Waals surface area contributed by atoms with Gasteiger partial charge in [0.2, 0.25) is 0 Å². The molecule has 0 saturated carbocycles. The maximum absolute atomic E-state index is 4.82. The van der Waals surface area contributed by atoms with Crippen LogP contribution in [-0.4, -0.2) is 22.7 Å². The van der Waals surface area contributed by atoms with Gasteiger partial charge in [0.15, 0.2) is 0 Å². The lowest BCUT2D eigenvalue weighted by Gasteiger charge is -2.04. The second-order valence-electron chi connectivity index (χ2n) is 1.35. The van der Waals surface area contributed by atoms with Crippen molar-refractivity contribution in [3.8, 4) is 0 Å². The molecular weight excluding hydrogens is 91.0 g/mol. The highest BCUT2D eigenvalue weighted by Gasteiger charge is 1.86. The van der Waals surface area contributed by atoms with Crippen molar-refractivity contribution in [2.24, 2.45) is 0 Å². The van der Waals surface area contributed by atoms with E-state index in [1.54, 1.807) is 0 Å². The van der Waals surface area contributed by atoms with Gasteiger partial charge in [0.05, 0.1) is 0 Å². The summed E-state index contributed by atoms with van der Waals surface area (Å²) in [6.45, 7) is 4.13. The molecule has 36 valence electrons. The van der Waals surface area contributed by atoms with Gasteiger partial charge in [-0.05, 0) is 13.3 Å². The first-order valence-electron chi connectivity index (χ1n) is 2.16. The van der Waals surface area contributed by atoms with Crippen molar-refractivity contribution in [2.45, 2.75) is 26.4 Å². The van der Waals surface area contributed by atoms with E-state index < -0.39 is 0 Å². The van der Waals surface area contributed by atoms with Crippen molar-refractivity contribution < 1.29 is 5.22 Å². The first-order chi connectivity index (χ1) is 2.81. The minimum absolute atomic E-state index is 0. The Morgan fingerprint density at radius 2 is 2.50 bits per heavy atom. The van der Waals surface area contributed by atoms with Gasteiger partial charge in [0, 0.05) is 7.53 Å². The van der Waals surface area contributed by atoms with Crippen LogP contribution in [0.2, 0.25) is 0 Å². The third-order valence-electron chi connectivity index (χ3n) is 0.807. The van der Waals surface area contributed by atoms with Crippen LogP contribution < -0.4 is 0 Å². The molecule has 6 heavy (non-hydrogen) atoms. The van der Waals surface area contributed by atoms with Gasteiger partial charge >= 0.3 is 16.6 Å². The van der Waals surface area contributed by atoms with E-state index in [1.165, 1.54) is 0 Å². The molecular formula is C4H11AlO.